The van der Waals surface area contributed by atoms with Crippen LogP contribution in [0.15, 0.2) is 47.1 Å². The Hall–Kier alpha value is -2.31. The van der Waals surface area contributed by atoms with Crippen molar-refractivity contribution in [1.29, 1.82) is 0 Å². The molecule has 0 aliphatic carbocycles. The Morgan fingerprint density at radius 1 is 1.10 bits per heavy atom. The molecule has 3 heterocycles. The van der Waals surface area contributed by atoms with E-state index in [0.717, 1.165) is 50.0 Å². The summed E-state index contributed by atoms with van der Waals surface area (Å²) in [6, 6.07) is 11.0. The van der Waals surface area contributed by atoms with Crippen LogP contribution in [0.3, 0.4) is 0 Å². The molecule has 2 amide bonds. The molecule has 2 aromatic rings. The normalized spacial score (nSPS) is 19.2. The second kappa shape index (κ2) is 10.1. The van der Waals surface area contributed by atoms with Gasteiger partial charge in [0, 0.05) is 26.1 Å². The molecule has 0 radical (unpaired) electrons. The Balaban J connectivity index is 0.00000256. The summed E-state index contributed by atoms with van der Waals surface area (Å²) >= 11 is 0. The molecule has 1 N–H and O–H groups in total. The van der Waals surface area contributed by atoms with Gasteiger partial charge in [-0.2, -0.15) is 0 Å². The van der Waals surface area contributed by atoms with Crippen LogP contribution in [-0.4, -0.2) is 54.3 Å². The van der Waals surface area contributed by atoms with Gasteiger partial charge in [0.1, 0.15) is 6.04 Å². The van der Waals surface area contributed by atoms with Crippen molar-refractivity contribution in [2.24, 2.45) is 5.92 Å². The minimum absolute atomic E-state index is 0. The maximum atomic E-state index is 13.5. The molecule has 0 bridgehead atoms. The molecule has 1 fully saturated rings. The molecule has 1 aromatic carbocycles. The summed E-state index contributed by atoms with van der Waals surface area (Å²) < 4.78 is 5.34. The van der Waals surface area contributed by atoms with Crippen molar-refractivity contribution in [2.45, 2.75) is 38.3 Å². The van der Waals surface area contributed by atoms with Crippen LogP contribution in [0.5, 0.6) is 0 Å². The highest BCUT2D eigenvalue weighted by atomic mass is 35.5. The van der Waals surface area contributed by atoms with Gasteiger partial charge in [-0.1, -0.05) is 24.3 Å². The number of rotatable bonds is 5. The Morgan fingerprint density at radius 2 is 1.83 bits per heavy atom. The summed E-state index contributed by atoms with van der Waals surface area (Å²) in [4.78, 5) is 30.2. The Morgan fingerprint density at radius 3 is 2.50 bits per heavy atom. The predicted molar refractivity (Wildman–Crippen MR) is 118 cm³/mol. The summed E-state index contributed by atoms with van der Waals surface area (Å²) in [5.74, 6) is 0.797. The van der Waals surface area contributed by atoms with Gasteiger partial charge in [0.2, 0.25) is 5.91 Å². The fraction of sp³-hybridized carbons (Fsp3) is 0.478. The van der Waals surface area contributed by atoms with Crippen LogP contribution in [0.25, 0.3) is 0 Å². The molecule has 2 aliphatic rings. The van der Waals surface area contributed by atoms with E-state index in [4.69, 9.17) is 4.42 Å². The van der Waals surface area contributed by atoms with Crippen LogP contribution in [-0.2, 0) is 17.8 Å². The highest BCUT2D eigenvalue weighted by molar-refractivity contribution is 5.96. The fourth-order valence-electron chi connectivity index (χ4n) is 4.50. The van der Waals surface area contributed by atoms with E-state index in [1.54, 1.807) is 17.0 Å². The van der Waals surface area contributed by atoms with E-state index in [0.29, 0.717) is 18.9 Å². The van der Waals surface area contributed by atoms with Crippen molar-refractivity contribution in [3.05, 3.63) is 59.5 Å². The summed E-state index contributed by atoms with van der Waals surface area (Å²) in [5, 5.41) is 3.21. The molecule has 1 saturated heterocycles. The number of likely N-dealkylation sites (tertiary alicyclic amines) is 1. The average molecular weight is 432 g/mol. The van der Waals surface area contributed by atoms with Gasteiger partial charge in [-0.3, -0.25) is 9.59 Å². The topological polar surface area (TPSA) is 65.8 Å². The third-order valence-corrected chi connectivity index (χ3v) is 6.26. The number of carbonyl (C=O) groups is 2. The molecule has 1 aromatic heterocycles. The molecule has 0 saturated carbocycles. The second-order valence-corrected chi connectivity index (χ2v) is 8.06. The lowest BCUT2D eigenvalue weighted by Gasteiger charge is -2.40. The Kier molecular flexibility index (Phi) is 7.56. The molecule has 7 heteroatoms. The number of halogens is 1. The second-order valence-electron chi connectivity index (χ2n) is 8.06. The lowest BCUT2D eigenvalue weighted by Crippen LogP contribution is -2.55. The van der Waals surface area contributed by atoms with Gasteiger partial charge < -0.3 is 19.5 Å². The van der Waals surface area contributed by atoms with Gasteiger partial charge in [0.25, 0.3) is 5.91 Å². The van der Waals surface area contributed by atoms with Crippen LogP contribution in [0.4, 0.5) is 0 Å². The molecule has 1 atom stereocenters. The minimum Gasteiger partial charge on any atom is -0.459 e. The van der Waals surface area contributed by atoms with E-state index in [1.807, 2.05) is 30.1 Å². The van der Waals surface area contributed by atoms with Gasteiger partial charge in [-0.25, -0.2) is 0 Å². The van der Waals surface area contributed by atoms with E-state index in [2.05, 4.69) is 11.4 Å². The van der Waals surface area contributed by atoms with E-state index < -0.39 is 6.04 Å². The van der Waals surface area contributed by atoms with E-state index in [9.17, 15) is 9.59 Å². The summed E-state index contributed by atoms with van der Waals surface area (Å²) in [5.41, 5.74) is 2.25. The molecule has 4 rings (SSSR count). The van der Waals surface area contributed by atoms with Crippen molar-refractivity contribution in [1.82, 2.24) is 15.1 Å². The third kappa shape index (κ3) is 4.71. The van der Waals surface area contributed by atoms with E-state index in [1.165, 1.54) is 6.26 Å². The van der Waals surface area contributed by atoms with E-state index in [-0.39, 0.29) is 30.0 Å². The number of benzene rings is 1. The van der Waals surface area contributed by atoms with Crippen LogP contribution in [0, 0.1) is 5.92 Å². The zero-order chi connectivity index (χ0) is 20.2. The molecule has 1 unspecified atom stereocenters. The lowest BCUT2D eigenvalue weighted by atomic mass is 9.90. The number of furan rings is 1. The first kappa shape index (κ1) is 22.4. The van der Waals surface area contributed by atoms with Crippen LogP contribution in [0.2, 0.25) is 0 Å². The van der Waals surface area contributed by atoms with Crippen molar-refractivity contribution < 1.29 is 14.0 Å². The number of fused-ring (bicyclic) bond motifs is 1. The van der Waals surface area contributed by atoms with Crippen molar-refractivity contribution in [2.75, 3.05) is 26.7 Å². The van der Waals surface area contributed by atoms with Gasteiger partial charge in [0.05, 0.1) is 6.26 Å². The monoisotopic (exact) mass is 431 g/mol. The van der Waals surface area contributed by atoms with Gasteiger partial charge in [0.15, 0.2) is 5.76 Å². The van der Waals surface area contributed by atoms with Crippen molar-refractivity contribution in [3.8, 4) is 0 Å². The first-order chi connectivity index (χ1) is 14.2. The first-order valence-corrected chi connectivity index (χ1v) is 10.5. The average Bonchev–Trinajstić information content (AvgIpc) is 3.31. The standard InChI is InChI=1S/C23H29N3O3.ClH/c1-24-11-8-17-9-12-25(13-10-17)22(27)20-15-18-5-2-3-6-19(18)16-26(20)23(28)21-7-4-14-29-21;/h2-7,14,17,20,24H,8-13,15-16H2,1H3;1H. The highest BCUT2D eigenvalue weighted by Gasteiger charge is 2.38. The molecule has 162 valence electrons. The number of piperidine rings is 1. The molecular formula is C23H30ClN3O3. The number of nitrogens with zero attached hydrogens (tertiary/aromatic N) is 2. The smallest absolute Gasteiger partial charge is 0.290 e. The van der Waals surface area contributed by atoms with Gasteiger partial charge >= 0.3 is 0 Å². The van der Waals surface area contributed by atoms with Gasteiger partial charge in [-0.05, 0) is 62.0 Å². The first-order valence-electron chi connectivity index (χ1n) is 10.5. The molecule has 2 aliphatic heterocycles. The number of amides is 2. The largest absolute Gasteiger partial charge is 0.459 e. The zero-order valence-corrected chi connectivity index (χ0v) is 18.2. The van der Waals surface area contributed by atoms with Crippen LogP contribution in [0.1, 0.15) is 40.9 Å². The van der Waals surface area contributed by atoms with Crippen molar-refractivity contribution in [3.63, 3.8) is 0 Å². The Bertz CT molecular complexity index is 847. The number of hydrogen-bond acceptors (Lipinski definition) is 4. The lowest BCUT2D eigenvalue weighted by molar-refractivity contribution is -0.138. The zero-order valence-electron chi connectivity index (χ0n) is 17.4. The third-order valence-electron chi connectivity index (χ3n) is 6.26. The minimum atomic E-state index is -0.476. The number of hydrogen-bond donors (Lipinski definition) is 1. The van der Waals surface area contributed by atoms with Gasteiger partial charge in [-0.15, -0.1) is 12.4 Å². The molecule has 0 spiro atoms. The molecule has 6 nitrogen and oxygen atoms in total. The molecular weight excluding hydrogens is 402 g/mol. The highest BCUT2D eigenvalue weighted by Crippen LogP contribution is 2.28. The van der Waals surface area contributed by atoms with Crippen LogP contribution < -0.4 is 5.32 Å². The van der Waals surface area contributed by atoms with Crippen molar-refractivity contribution >= 4 is 24.2 Å². The quantitative estimate of drug-likeness (QED) is 0.789. The summed E-state index contributed by atoms with van der Waals surface area (Å²) in [6.45, 7) is 3.00. The maximum absolute atomic E-state index is 13.5. The predicted octanol–water partition coefficient (Wildman–Crippen LogP) is 3.12. The number of carbonyl (C=O) groups excluding carboxylic acids is 2. The summed E-state index contributed by atoms with van der Waals surface area (Å²) in [6.07, 6.45) is 5.27. The SMILES string of the molecule is CNCCC1CCN(C(=O)C2Cc3ccccc3CN2C(=O)c2ccco2)CC1.Cl. The van der Waals surface area contributed by atoms with E-state index >= 15 is 0 Å². The Labute approximate surface area is 184 Å². The molecule has 30 heavy (non-hydrogen) atoms. The fourth-order valence-corrected chi connectivity index (χ4v) is 4.50. The summed E-state index contributed by atoms with van der Waals surface area (Å²) in [7, 11) is 1.98. The van der Waals surface area contributed by atoms with Crippen LogP contribution >= 0.6 is 12.4 Å². The number of nitrogens with one attached hydrogen (secondary N) is 1. The maximum Gasteiger partial charge on any atom is 0.290 e.